The van der Waals surface area contributed by atoms with Crippen LogP contribution in [0, 0.1) is 5.92 Å². The number of hydrogen-bond acceptors (Lipinski definition) is 4. The van der Waals surface area contributed by atoms with Gasteiger partial charge in [-0.25, -0.2) is 4.98 Å². The summed E-state index contributed by atoms with van der Waals surface area (Å²) in [4.78, 5) is 7.46. The number of nitrogens with one attached hydrogen (secondary N) is 1. The fraction of sp³-hybridized carbons (Fsp3) is 0.800. The van der Waals surface area contributed by atoms with E-state index in [2.05, 4.69) is 15.6 Å². The monoisotopic (exact) mass is 279 g/mol. The highest BCUT2D eigenvalue weighted by Gasteiger charge is 2.33. The van der Waals surface area contributed by atoms with E-state index in [1.807, 2.05) is 7.05 Å². The number of piperidine rings is 1. The van der Waals surface area contributed by atoms with Crippen LogP contribution in [-0.4, -0.2) is 29.5 Å². The molecular formula is C15H25N3S. The summed E-state index contributed by atoms with van der Waals surface area (Å²) >= 11 is 1.79. The third-order valence-electron chi connectivity index (χ3n) is 4.65. The topological polar surface area (TPSA) is 28.2 Å². The van der Waals surface area contributed by atoms with Gasteiger partial charge >= 0.3 is 0 Å². The maximum atomic E-state index is 4.75. The molecule has 1 aromatic rings. The molecule has 2 atom stereocenters. The Bertz CT molecular complexity index is 402. The molecule has 4 heteroatoms. The SMILES string of the molecule is CNCc1nc(CN2CCCC3CCCCC32)cs1. The van der Waals surface area contributed by atoms with Crippen LogP contribution < -0.4 is 5.32 Å². The van der Waals surface area contributed by atoms with E-state index >= 15 is 0 Å². The van der Waals surface area contributed by atoms with E-state index in [1.165, 1.54) is 55.8 Å². The van der Waals surface area contributed by atoms with Crippen LogP contribution in [0.25, 0.3) is 0 Å². The van der Waals surface area contributed by atoms with Crippen molar-refractivity contribution in [3.8, 4) is 0 Å². The fourth-order valence-electron chi connectivity index (χ4n) is 3.79. The summed E-state index contributed by atoms with van der Waals surface area (Å²) in [7, 11) is 1.98. The summed E-state index contributed by atoms with van der Waals surface area (Å²) in [5.41, 5.74) is 1.28. The van der Waals surface area contributed by atoms with Gasteiger partial charge < -0.3 is 5.32 Å². The van der Waals surface area contributed by atoms with Gasteiger partial charge in [-0.1, -0.05) is 12.8 Å². The Morgan fingerprint density at radius 2 is 2.16 bits per heavy atom. The second-order valence-corrected chi connectivity index (χ2v) is 6.93. The molecule has 1 saturated heterocycles. The molecular weight excluding hydrogens is 254 g/mol. The van der Waals surface area contributed by atoms with Crippen molar-refractivity contribution >= 4 is 11.3 Å². The molecule has 1 aromatic heterocycles. The molecule has 2 fully saturated rings. The van der Waals surface area contributed by atoms with E-state index in [1.54, 1.807) is 11.3 Å². The van der Waals surface area contributed by atoms with Gasteiger partial charge in [0, 0.05) is 24.5 Å². The Morgan fingerprint density at radius 3 is 3.05 bits per heavy atom. The average Bonchev–Trinajstić information content (AvgIpc) is 2.87. The summed E-state index contributed by atoms with van der Waals surface area (Å²) in [6.45, 7) is 3.25. The smallest absolute Gasteiger partial charge is 0.107 e. The molecule has 2 unspecified atom stereocenters. The lowest BCUT2D eigenvalue weighted by atomic mass is 9.78. The van der Waals surface area contributed by atoms with Gasteiger partial charge in [-0.3, -0.25) is 4.90 Å². The van der Waals surface area contributed by atoms with Gasteiger partial charge in [0.25, 0.3) is 0 Å². The molecule has 19 heavy (non-hydrogen) atoms. The fourth-order valence-corrected chi connectivity index (χ4v) is 4.58. The lowest BCUT2D eigenvalue weighted by Crippen LogP contribution is -2.46. The van der Waals surface area contributed by atoms with Crippen LogP contribution in [0.1, 0.15) is 49.2 Å². The van der Waals surface area contributed by atoms with Crippen LogP contribution in [0.4, 0.5) is 0 Å². The van der Waals surface area contributed by atoms with Crippen LogP contribution in [0.15, 0.2) is 5.38 Å². The van der Waals surface area contributed by atoms with Gasteiger partial charge in [0.15, 0.2) is 0 Å². The highest BCUT2D eigenvalue weighted by molar-refractivity contribution is 7.09. The molecule has 0 spiro atoms. The van der Waals surface area contributed by atoms with Gasteiger partial charge in [0.2, 0.25) is 0 Å². The molecule has 1 aliphatic carbocycles. The van der Waals surface area contributed by atoms with Crippen LogP contribution in [0.2, 0.25) is 0 Å². The molecule has 3 rings (SSSR count). The molecule has 0 amide bonds. The third kappa shape index (κ3) is 3.18. The number of fused-ring (bicyclic) bond motifs is 1. The molecule has 106 valence electrons. The summed E-state index contributed by atoms with van der Waals surface area (Å²) in [6, 6.07) is 0.844. The van der Waals surface area contributed by atoms with E-state index in [9.17, 15) is 0 Å². The first kappa shape index (κ1) is 13.5. The molecule has 1 N–H and O–H groups in total. The van der Waals surface area contributed by atoms with Crippen LogP contribution in [0.5, 0.6) is 0 Å². The van der Waals surface area contributed by atoms with Crippen molar-refractivity contribution in [3.63, 3.8) is 0 Å². The van der Waals surface area contributed by atoms with Crippen LogP contribution in [-0.2, 0) is 13.1 Å². The Labute approximate surface area is 120 Å². The maximum absolute atomic E-state index is 4.75. The van der Waals surface area contributed by atoms with Crippen LogP contribution >= 0.6 is 11.3 Å². The van der Waals surface area contributed by atoms with Crippen molar-refractivity contribution in [2.24, 2.45) is 5.92 Å². The Balaban J connectivity index is 1.63. The van der Waals surface area contributed by atoms with E-state index in [0.29, 0.717) is 0 Å². The minimum absolute atomic E-state index is 0.844. The molecule has 2 heterocycles. The second-order valence-electron chi connectivity index (χ2n) is 5.99. The lowest BCUT2D eigenvalue weighted by Gasteiger charge is -2.44. The number of likely N-dealkylation sites (tertiary alicyclic amines) is 1. The van der Waals surface area contributed by atoms with E-state index in [4.69, 9.17) is 4.98 Å². The minimum atomic E-state index is 0.844. The standard InChI is InChI=1S/C15H25N3S/c1-16-9-15-17-13(11-19-15)10-18-8-4-6-12-5-2-3-7-14(12)18/h11-12,14,16H,2-10H2,1H3. The lowest BCUT2D eigenvalue weighted by molar-refractivity contribution is 0.0538. The molecule has 0 radical (unpaired) electrons. The molecule has 1 saturated carbocycles. The van der Waals surface area contributed by atoms with Crippen molar-refractivity contribution in [2.45, 2.75) is 57.7 Å². The Morgan fingerprint density at radius 1 is 1.32 bits per heavy atom. The number of aromatic nitrogens is 1. The van der Waals surface area contributed by atoms with E-state index < -0.39 is 0 Å². The highest BCUT2D eigenvalue weighted by atomic mass is 32.1. The van der Waals surface area contributed by atoms with Crippen molar-refractivity contribution in [1.82, 2.24) is 15.2 Å². The third-order valence-corrected chi connectivity index (χ3v) is 5.55. The summed E-state index contributed by atoms with van der Waals surface area (Å²) in [5, 5.41) is 6.65. The van der Waals surface area contributed by atoms with E-state index in [0.717, 1.165) is 25.0 Å². The van der Waals surface area contributed by atoms with Crippen molar-refractivity contribution in [3.05, 3.63) is 16.1 Å². The zero-order valence-electron chi connectivity index (χ0n) is 11.9. The van der Waals surface area contributed by atoms with Crippen molar-refractivity contribution in [1.29, 1.82) is 0 Å². The maximum Gasteiger partial charge on any atom is 0.107 e. The van der Waals surface area contributed by atoms with Gasteiger partial charge in [-0.15, -0.1) is 11.3 Å². The van der Waals surface area contributed by atoms with Crippen molar-refractivity contribution < 1.29 is 0 Å². The predicted molar refractivity (Wildman–Crippen MR) is 80.3 cm³/mol. The summed E-state index contributed by atoms with van der Waals surface area (Å²) < 4.78 is 0. The second kappa shape index (κ2) is 6.33. The average molecular weight is 279 g/mol. The number of rotatable bonds is 4. The zero-order valence-corrected chi connectivity index (χ0v) is 12.7. The first-order valence-electron chi connectivity index (χ1n) is 7.69. The molecule has 2 aliphatic rings. The van der Waals surface area contributed by atoms with Crippen molar-refractivity contribution in [2.75, 3.05) is 13.6 Å². The first-order valence-corrected chi connectivity index (χ1v) is 8.56. The molecule has 1 aliphatic heterocycles. The van der Waals surface area contributed by atoms with Gasteiger partial charge in [-0.05, 0) is 45.2 Å². The normalized spacial score (nSPS) is 28.3. The predicted octanol–water partition coefficient (Wildman–Crippen LogP) is 3.02. The van der Waals surface area contributed by atoms with Crippen LogP contribution in [0.3, 0.4) is 0 Å². The first-order chi connectivity index (χ1) is 9.36. The number of hydrogen-bond donors (Lipinski definition) is 1. The highest BCUT2D eigenvalue weighted by Crippen LogP contribution is 2.35. The largest absolute Gasteiger partial charge is 0.314 e. The molecule has 0 bridgehead atoms. The van der Waals surface area contributed by atoms with E-state index in [-0.39, 0.29) is 0 Å². The quantitative estimate of drug-likeness (QED) is 0.918. The Kier molecular flexibility index (Phi) is 4.51. The number of nitrogens with zero attached hydrogens (tertiary/aromatic N) is 2. The van der Waals surface area contributed by atoms with Gasteiger partial charge in [0.1, 0.15) is 5.01 Å². The van der Waals surface area contributed by atoms with Gasteiger partial charge in [0.05, 0.1) is 5.69 Å². The summed E-state index contributed by atoms with van der Waals surface area (Å²) in [6.07, 6.45) is 8.61. The zero-order chi connectivity index (χ0) is 13.1. The number of thiazole rings is 1. The summed E-state index contributed by atoms with van der Waals surface area (Å²) in [5.74, 6) is 0.970. The molecule has 3 nitrogen and oxygen atoms in total. The Hall–Kier alpha value is -0.450. The minimum Gasteiger partial charge on any atom is -0.314 e. The molecule has 0 aromatic carbocycles. The van der Waals surface area contributed by atoms with Gasteiger partial charge in [-0.2, -0.15) is 0 Å².